The van der Waals surface area contributed by atoms with Crippen molar-refractivity contribution in [3.63, 3.8) is 0 Å². The molecule has 29 heavy (non-hydrogen) atoms. The van der Waals surface area contributed by atoms with Gasteiger partial charge in [-0.1, -0.05) is 42.5 Å². The number of hydrogen-bond acceptors (Lipinski definition) is 5. The molecule has 5 rings (SSSR count). The second-order valence-electron chi connectivity index (χ2n) is 8.03. The third kappa shape index (κ3) is 3.13. The van der Waals surface area contributed by atoms with Crippen LogP contribution in [0.2, 0.25) is 0 Å². The summed E-state index contributed by atoms with van der Waals surface area (Å²) in [5.74, 6) is 1.74. The lowest BCUT2D eigenvalue weighted by Crippen LogP contribution is -2.33. The SMILES string of the molecule is COc1ccc(CN2CCC3(CCn4c3nnc(-c3ccccc3)c4=O)C2)cc1. The van der Waals surface area contributed by atoms with Gasteiger partial charge in [-0.2, -0.15) is 0 Å². The molecule has 0 N–H and O–H groups in total. The summed E-state index contributed by atoms with van der Waals surface area (Å²) in [6.07, 6.45) is 1.97. The number of methoxy groups -OCH3 is 1. The van der Waals surface area contributed by atoms with Gasteiger partial charge in [0.2, 0.25) is 0 Å². The Morgan fingerprint density at radius 1 is 1.00 bits per heavy atom. The molecule has 6 nitrogen and oxygen atoms in total. The predicted molar refractivity (Wildman–Crippen MR) is 111 cm³/mol. The Labute approximate surface area is 169 Å². The van der Waals surface area contributed by atoms with Crippen LogP contribution < -0.4 is 10.3 Å². The van der Waals surface area contributed by atoms with Crippen molar-refractivity contribution >= 4 is 0 Å². The van der Waals surface area contributed by atoms with E-state index in [0.29, 0.717) is 5.69 Å². The molecule has 1 unspecified atom stereocenters. The fourth-order valence-electron chi connectivity index (χ4n) is 4.70. The fourth-order valence-corrected chi connectivity index (χ4v) is 4.70. The maximum atomic E-state index is 13.1. The minimum absolute atomic E-state index is 0.0216. The van der Waals surface area contributed by atoms with Crippen molar-refractivity contribution in [2.24, 2.45) is 0 Å². The number of aromatic nitrogens is 3. The molecule has 0 saturated carbocycles. The van der Waals surface area contributed by atoms with E-state index in [1.807, 2.05) is 47.0 Å². The smallest absolute Gasteiger partial charge is 0.280 e. The molecular formula is C23H24N4O2. The maximum Gasteiger partial charge on any atom is 0.280 e. The fraction of sp³-hybridized carbons (Fsp3) is 0.348. The van der Waals surface area contributed by atoms with Crippen molar-refractivity contribution < 1.29 is 4.74 Å². The van der Waals surface area contributed by atoms with Crippen LogP contribution >= 0.6 is 0 Å². The molecule has 6 heteroatoms. The monoisotopic (exact) mass is 388 g/mol. The summed E-state index contributed by atoms with van der Waals surface area (Å²) in [6, 6.07) is 17.8. The summed E-state index contributed by atoms with van der Waals surface area (Å²) in [7, 11) is 1.68. The van der Waals surface area contributed by atoms with E-state index >= 15 is 0 Å². The second-order valence-corrected chi connectivity index (χ2v) is 8.03. The molecule has 148 valence electrons. The van der Waals surface area contributed by atoms with E-state index in [4.69, 9.17) is 4.74 Å². The van der Waals surface area contributed by atoms with Gasteiger partial charge in [0.25, 0.3) is 5.56 Å². The Balaban J connectivity index is 1.39. The average Bonchev–Trinajstić information content (AvgIpc) is 3.34. The van der Waals surface area contributed by atoms with Gasteiger partial charge in [-0.15, -0.1) is 10.2 Å². The molecule has 3 aromatic rings. The first-order valence-electron chi connectivity index (χ1n) is 10.1. The highest BCUT2D eigenvalue weighted by Gasteiger charge is 2.46. The zero-order valence-corrected chi connectivity index (χ0v) is 16.5. The van der Waals surface area contributed by atoms with Crippen molar-refractivity contribution in [1.29, 1.82) is 0 Å². The second kappa shape index (κ2) is 7.12. The van der Waals surface area contributed by atoms with Gasteiger partial charge in [0.05, 0.1) is 7.11 Å². The summed E-state index contributed by atoms with van der Waals surface area (Å²) >= 11 is 0. The molecule has 1 atom stereocenters. The number of fused-ring (bicyclic) bond motifs is 2. The lowest BCUT2D eigenvalue weighted by atomic mass is 9.85. The highest BCUT2D eigenvalue weighted by molar-refractivity contribution is 5.57. The van der Waals surface area contributed by atoms with Gasteiger partial charge >= 0.3 is 0 Å². The first-order chi connectivity index (χ1) is 14.2. The molecule has 2 aromatic carbocycles. The number of ether oxygens (including phenoxy) is 1. The van der Waals surface area contributed by atoms with Crippen LogP contribution in [0, 0.1) is 0 Å². The number of hydrogen-bond donors (Lipinski definition) is 0. The maximum absolute atomic E-state index is 13.1. The van der Waals surface area contributed by atoms with Crippen LogP contribution in [0.5, 0.6) is 5.75 Å². The van der Waals surface area contributed by atoms with Crippen LogP contribution in [0.15, 0.2) is 59.4 Å². The van der Waals surface area contributed by atoms with Crippen LogP contribution in [-0.2, 0) is 18.5 Å². The summed E-state index contributed by atoms with van der Waals surface area (Å²) in [5.41, 5.74) is 2.46. The minimum Gasteiger partial charge on any atom is -0.497 e. The van der Waals surface area contributed by atoms with E-state index in [2.05, 4.69) is 27.2 Å². The number of rotatable bonds is 4. The van der Waals surface area contributed by atoms with Crippen LogP contribution in [0.3, 0.4) is 0 Å². The van der Waals surface area contributed by atoms with Gasteiger partial charge in [0.1, 0.15) is 11.6 Å². The lowest BCUT2D eigenvalue weighted by Gasteiger charge is -2.23. The van der Waals surface area contributed by atoms with Crippen molar-refractivity contribution in [2.45, 2.75) is 31.3 Å². The molecule has 1 aromatic heterocycles. The Morgan fingerprint density at radius 3 is 2.52 bits per heavy atom. The lowest BCUT2D eigenvalue weighted by molar-refractivity contribution is 0.299. The summed E-state index contributed by atoms with van der Waals surface area (Å²) < 4.78 is 7.10. The normalized spacial score (nSPS) is 20.9. The number of likely N-dealkylation sites (tertiary alicyclic amines) is 1. The zero-order valence-electron chi connectivity index (χ0n) is 16.5. The summed E-state index contributed by atoms with van der Waals surface area (Å²) in [6.45, 7) is 3.53. The molecule has 0 bridgehead atoms. The highest BCUT2D eigenvalue weighted by Crippen LogP contribution is 2.41. The Kier molecular flexibility index (Phi) is 4.43. The van der Waals surface area contributed by atoms with Crippen LogP contribution in [0.1, 0.15) is 24.2 Å². The summed E-state index contributed by atoms with van der Waals surface area (Å²) in [5, 5.41) is 8.92. The zero-order chi connectivity index (χ0) is 19.8. The van der Waals surface area contributed by atoms with Crippen molar-refractivity contribution in [3.05, 3.63) is 76.3 Å². The van der Waals surface area contributed by atoms with Gasteiger partial charge in [-0.05, 0) is 37.1 Å². The first-order valence-corrected chi connectivity index (χ1v) is 10.1. The third-order valence-electron chi connectivity index (χ3n) is 6.28. The van der Waals surface area contributed by atoms with E-state index in [-0.39, 0.29) is 11.0 Å². The number of benzene rings is 2. The topological polar surface area (TPSA) is 60.2 Å². The molecule has 0 aliphatic carbocycles. The van der Waals surface area contributed by atoms with E-state index < -0.39 is 0 Å². The molecule has 2 aliphatic rings. The molecule has 3 heterocycles. The van der Waals surface area contributed by atoms with Crippen LogP contribution in [0.25, 0.3) is 11.3 Å². The Bertz CT molecular complexity index is 1080. The van der Waals surface area contributed by atoms with E-state index in [0.717, 1.165) is 56.2 Å². The first kappa shape index (κ1) is 18.1. The van der Waals surface area contributed by atoms with Gasteiger partial charge in [0, 0.05) is 30.6 Å². The van der Waals surface area contributed by atoms with Gasteiger partial charge in [-0.25, -0.2) is 0 Å². The van der Waals surface area contributed by atoms with Gasteiger partial charge < -0.3 is 4.74 Å². The Morgan fingerprint density at radius 2 is 1.76 bits per heavy atom. The van der Waals surface area contributed by atoms with Crippen molar-refractivity contribution in [1.82, 2.24) is 19.7 Å². The van der Waals surface area contributed by atoms with Gasteiger partial charge in [0.15, 0.2) is 5.69 Å². The molecule has 0 amide bonds. The van der Waals surface area contributed by atoms with Crippen molar-refractivity contribution in [2.75, 3.05) is 20.2 Å². The minimum atomic E-state index is -0.0617. The molecule has 1 saturated heterocycles. The third-order valence-corrected chi connectivity index (χ3v) is 6.28. The Hall–Kier alpha value is -2.99. The van der Waals surface area contributed by atoms with Gasteiger partial charge in [-0.3, -0.25) is 14.3 Å². The number of nitrogens with zero attached hydrogens (tertiary/aromatic N) is 4. The molecular weight excluding hydrogens is 364 g/mol. The quantitative estimate of drug-likeness (QED) is 0.688. The average molecular weight is 388 g/mol. The van der Waals surface area contributed by atoms with Crippen molar-refractivity contribution in [3.8, 4) is 17.0 Å². The summed E-state index contributed by atoms with van der Waals surface area (Å²) in [4.78, 5) is 15.5. The molecule has 0 radical (unpaired) electrons. The standard InChI is InChI=1S/C23H24N4O2/c1-29-19-9-7-17(8-10-19)15-26-13-11-23(16-26)12-14-27-21(28)20(24-25-22(23)27)18-5-3-2-4-6-18/h2-10H,11-16H2,1H3. The van der Waals surface area contributed by atoms with E-state index in [1.54, 1.807) is 7.11 Å². The van der Waals surface area contributed by atoms with E-state index in [9.17, 15) is 4.79 Å². The molecule has 2 aliphatic heterocycles. The highest BCUT2D eigenvalue weighted by atomic mass is 16.5. The molecule has 1 spiro atoms. The van der Waals surface area contributed by atoms with Crippen LogP contribution in [-0.4, -0.2) is 39.9 Å². The van der Waals surface area contributed by atoms with E-state index in [1.165, 1.54) is 5.56 Å². The largest absolute Gasteiger partial charge is 0.497 e. The predicted octanol–water partition coefficient (Wildman–Crippen LogP) is 2.86. The van der Waals surface area contributed by atoms with Crippen LogP contribution in [0.4, 0.5) is 0 Å². The molecule has 1 fully saturated rings.